The summed E-state index contributed by atoms with van der Waals surface area (Å²) in [5.41, 5.74) is 3.45. The van der Waals surface area contributed by atoms with Gasteiger partial charge >= 0.3 is 0 Å². The second kappa shape index (κ2) is 5.33. The summed E-state index contributed by atoms with van der Waals surface area (Å²) in [6.07, 6.45) is 2.62. The van der Waals surface area contributed by atoms with Gasteiger partial charge < -0.3 is 5.32 Å². The predicted octanol–water partition coefficient (Wildman–Crippen LogP) is 5.08. The fraction of sp³-hybridized carbons (Fsp3) is 0.250. The van der Waals surface area contributed by atoms with Crippen molar-refractivity contribution in [1.29, 1.82) is 0 Å². The van der Waals surface area contributed by atoms with Gasteiger partial charge in [0.15, 0.2) is 0 Å². The Bertz CT molecular complexity index is 593. The highest BCUT2D eigenvalue weighted by molar-refractivity contribution is 9.10. The van der Waals surface area contributed by atoms with Crippen LogP contribution < -0.4 is 5.32 Å². The van der Waals surface area contributed by atoms with Crippen molar-refractivity contribution in [3.8, 4) is 0 Å². The summed E-state index contributed by atoms with van der Waals surface area (Å²) in [4.78, 5) is 0. The molecule has 0 atom stereocenters. The van der Waals surface area contributed by atoms with Crippen LogP contribution in [-0.4, -0.2) is 0 Å². The Kier molecular flexibility index (Phi) is 3.56. The molecule has 98 valence electrons. The molecule has 0 aliphatic heterocycles. The Labute approximate surface area is 121 Å². The smallest absolute Gasteiger partial charge is 0.125 e. The zero-order valence-electron chi connectivity index (χ0n) is 10.5. The number of rotatable bonds is 4. The first-order chi connectivity index (χ1) is 9.22. The second-order valence-electron chi connectivity index (χ2n) is 5.00. The molecule has 1 aliphatic carbocycles. The SMILES string of the molecule is Fc1ccc(Br)c(NCc2cccc(C3CC3)c2)c1. The van der Waals surface area contributed by atoms with E-state index in [0.29, 0.717) is 6.54 Å². The molecule has 0 bridgehead atoms. The Morgan fingerprint density at radius 3 is 2.79 bits per heavy atom. The summed E-state index contributed by atoms with van der Waals surface area (Å²) >= 11 is 3.42. The maximum Gasteiger partial charge on any atom is 0.125 e. The molecule has 1 fully saturated rings. The maximum atomic E-state index is 13.2. The van der Waals surface area contributed by atoms with Crippen LogP contribution in [0.2, 0.25) is 0 Å². The van der Waals surface area contributed by atoms with Crippen LogP contribution in [0.3, 0.4) is 0 Å². The van der Waals surface area contributed by atoms with Crippen LogP contribution in [0.25, 0.3) is 0 Å². The molecule has 19 heavy (non-hydrogen) atoms. The first-order valence-corrected chi connectivity index (χ1v) is 7.29. The van der Waals surface area contributed by atoms with Crippen molar-refractivity contribution >= 4 is 21.6 Å². The zero-order valence-corrected chi connectivity index (χ0v) is 12.1. The van der Waals surface area contributed by atoms with Gasteiger partial charge in [-0.25, -0.2) is 4.39 Å². The van der Waals surface area contributed by atoms with Crippen molar-refractivity contribution in [2.45, 2.75) is 25.3 Å². The molecule has 0 amide bonds. The van der Waals surface area contributed by atoms with E-state index in [4.69, 9.17) is 0 Å². The van der Waals surface area contributed by atoms with E-state index < -0.39 is 0 Å². The lowest BCUT2D eigenvalue weighted by molar-refractivity contribution is 0.628. The maximum absolute atomic E-state index is 13.2. The molecule has 3 rings (SSSR count). The molecule has 2 aromatic carbocycles. The van der Waals surface area contributed by atoms with Gasteiger partial charge in [-0.3, -0.25) is 0 Å². The summed E-state index contributed by atoms with van der Waals surface area (Å²) in [6, 6.07) is 13.3. The summed E-state index contributed by atoms with van der Waals surface area (Å²) < 4.78 is 14.1. The highest BCUT2D eigenvalue weighted by Crippen LogP contribution is 2.40. The van der Waals surface area contributed by atoms with Gasteiger partial charge in [-0.2, -0.15) is 0 Å². The normalized spacial score (nSPS) is 14.4. The average molecular weight is 320 g/mol. The van der Waals surface area contributed by atoms with E-state index in [0.717, 1.165) is 16.1 Å². The van der Waals surface area contributed by atoms with Crippen molar-refractivity contribution < 1.29 is 4.39 Å². The monoisotopic (exact) mass is 319 g/mol. The molecule has 0 saturated heterocycles. The van der Waals surface area contributed by atoms with Gasteiger partial charge in [-0.1, -0.05) is 24.3 Å². The van der Waals surface area contributed by atoms with Crippen molar-refractivity contribution in [1.82, 2.24) is 0 Å². The molecule has 0 aromatic heterocycles. The molecule has 1 saturated carbocycles. The number of benzene rings is 2. The topological polar surface area (TPSA) is 12.0 Å². The molecule has 1 N–H and O–H groups in total. The lowest BCUT2D eigenvalue weighted by Crippen LogP contribution is -2.01. The van der Waals surface area contributed by atoms with E-state index in [1.807, 2.05) is 0 Å². The van der Waals surface area contributed by atoms with Crippen LogP contribution in [0, 0.1) is 5.82 Å². The van der Waals surface area contributed by atoms with Gasteiger partial charge in [0.05, 0.1) is 5.69 Å². The highest BCUT2D eigenvalue weighted by atomic mass is 79.9. The quantitative estimate of drug-likeness (QED) is 0.828. The lowest BCUT2D eigenvalue weighted by Gasteiger charge is -2.10. The Morgan fingerprint density at radius 2 is 2.00 bits per heavy atom. The molecule has 2 aromatic rings. The van der Waals surface area contributed by atoms with E-state index in [1.165, 1.54) is 36.1 Å². The predicted molar refractivity (Wildman–Crippen MR) is 79.8 cm³/mol. The van der Waals surface area contributed by atoms with E-state index in [-0.39, 0.29) is 5.82 Å². The van der Waals surface area contributed by atoms with E-state index >= 15 is 0 Å². The van der Waals surface area contributed by atoms with Gasteiger partial charge in [-0.15, -0.1) is 0 Å². The molecule has 0 radical (unpaired) electrons. The number of hydrogen-bond donors (Lipinski definition) is 1. The number of anilines is 1. The van der Waals surface area contributed by atoms with Crippen molar-refractivity contribution in [2.24, 2.45) is 0 Å². The van der Waals surface area contributed by atoms with Crippen LogP contribution >= 0.6 is 15.9 Å². The molecule has 3 heteroatoms. The molecular formula is C16H15BrFN. The van der Waals surface area contributed by atoms with Gasteiger partial charge in [0.25, 0.3) is 0 Å². The standard InChI is InChI=1S/C16H15BrFN/c17-15-7-6-14(18)9-16(15)19-10-11-2-1-3-13(8-11)12-4-5-12/h1-3,6-9,12,19H,4-5,10H2. The van der Waals surface area contributed by atoms with Crippen LogP contribution in [0.5, 0.6) is 0 Å². The van der Waals surface area contributed by atoms with Gasteiger partial charge in [0.2, 0.25) is 0 Å². The summed E-state index contributed by atoms with van der Waals surface area (Å²) in [5.74, 6) is 0.540. The summed E-state index contributed by atoms with van der Waals surface area (Å²) in [7, 11) is 0. The van der Waals surface area contributed by atoms with Crippen LogP contribution in [0.15, 0.2) is 46.9 Å². The minimum absolute atomic E-state index is 0.225. The fourth-order valence-corrected chi connectivity index (χ4v) is 2.59. The third kappa shape index (κ3) is 3.16. The fourth-order valence-electron chi connectivity index (χ4n) is 2.20. The summed E-state index contributed by atoms with van der Waals surface area (Å²) in [5, 5.41) is 3.27. The van der Waals surface area contributed by atoms with E-state index in [9.17, 15) is 4.39 Å². The third-order valence-corrected chi connectivity index (χ3v) is 4.10. The van der Waals surface area contributed by atoms with E-state index in [2.05, 4.69) is 45.5 Å². The average Bonchev–Trinajstić information content (AvgIpc) is 3.25. The van der Waals surface area contributed by atoms with Crippen LogP contribution in [0.4, 0.5) is 10.1 Å². The lowest BCUT2D eigenvalue weighted by atomic mass is 10.1. The van der Waals surface area contributed by atoms with Crippen molar-refractivity contribution in [3.63, 3.8) is 0 Å². The number of hydrogen-bond acceptors (Lipinski definition) is 1. The highest BCUT2D eigenvalue weighted by Gasteiger charge is 2.23. The molecule has 1 aliphatic rings. The second-order valence-corrected chi connectivity index (χ2v) is 5.85. The minimum atomic E-state index is -0.225. The van der Waals surface area contributed by atoms with Crippen molar-refractivity contribution in [2.75, 3.05) is 5.32 Å². The largest absolute Gasteiger partial charge is 0.380 e. The molecular weight excluding hydrogens is 305 g/mol. The molecule has 0 spiro atoms. The zero-order chi connectivity index (χ0) is 13.2. The first-order valence-electron chi connectivity index (χ1n) is 6.50. The molecule has 0 heterocycles. The number of nitrogens with one attached hydrogen (secondary N) is 1. The van der Waals surface area contributed by atoms with Crippen molar-refractivity contribution in [3.05, 3.63) is 63.9 Å². The molecule has 0 unspecified atom stereocenters. The Morgan fingerprint density at radius 1 is 1.16 bits per heavy atom. The van der Waals surface area contributed by atoms with Gasteiger partial charge in [0.1, 0.15) is 5.82 Å². The summed E-state index contributed by atoms with van der Waals surface area (Å²) in [6.45, 7) is 0.711. The minimum Gasteiger partial charge on any atom is -0.380 e. The number of halogens is 2. The Hall–Kier alpha value is -1.35. The van der Waals surface area contributed by atoms with Gasteiger partial charge in [-0.05, 0) is 64.0 Å². The third-order valence-electron chi connectivity index (χ3n) is 3.41. The van der Waals surface area contributed by atoms with E-state index in [1.54, 1.807) is 6.07 Å². The van der Waals surface area contributed by atoms with Gasteiger partial charge in [0, 0.05) is 11.0 Å². The first kappa shape index (κ1) is 12.7. The van der Waals surface area contributed by atoms with Crippen LogP contribution in [0.1, 0.15) is 29.9 Å². The molecule has 1 nitrogen and oxygen atoms in total. The Balaban J connectivity index is 1.71. The van der Waals surface area contributed by atoms with Crippen LogP contribution in [-0.2, 0) is 6.54 Å².